The molecule has 2 heterocycles. The molecular weight excluding hydrogens is 239 g/mol. The molecule has 18 heavy (non-hydrogen) atoms. The molecule has 0 bridgehead atoms. The van der Waals surface area contributed by atoms with Gasteiger partial charge in [0.05, 0.1) is 6.10 Å². The number of aromatic carboxylic acids is 1. The normalized spacial score (nSPS) is 16.9. The summed E-state index contributed by atoms with van der Waals surface area (Å²) >= 11 is 0. The van der Waals surface area contributed by atoms with Crippen molar-refractivity contribution in [2.45, 2.75) is 18.9 Å². The summed E-state index contributed by atoms with van der Waals surface area (Å²) in [7, 11) is 1.66. The maximum Gasteiger partial charge on any atom is 0.338 e. The van der Waals surface area contributed by atoms with Gasteiger partial charge in [0, 0.05) is 26.4 Å². The third kappa shape index (κ3) is 2.43. The van der Waals surface area contributed by atoms with E-state index in [1.54, 1.807) is 12.0 Å². The van der Waals surface area contributed by atoms with Gasteiger partial charge in [-0.2, -0.15) is 0 Å². The lowest BCUT2D eigenvalue weighted by molar-refractivity contribution is 0.0691. The van der Waals surface area contributed by atoms with Crippen LogP contribution < -0.4 is 4.90 Å². The summed E-state index contributed by atoms with van der Waals surface area (Å²) in [4.78, 5) is 16.6. The number of methoxy groups -OCH3 is 1. The minimum Gasteiger partial charge on any atom is -0.478 e. The molecular formula is C12H15FN2O3. The van der Waals surface area contributed by atoms with Crippen molar-refractivity contribution in [3.8, 4) is 0 Å². The van der Waals surface area contributed by atoms with E-state index in [2.05, 4.69) is 4.98 Å². The summed E-state index contributed by atoms with van der Waals surface area (Å²) in [5, 5.41) is 8.86. The number of carbonyl (C=O) groups is 1. The van der Waals surface area contributed by atoms with E-state index in [1.807, 2.05) is 0 Å². The molecule has 98 valence electrons. The van der Waals surface area contributed by atoms with Crippen LogP contribution in [0.1, 0.15) is 23.2 Å². The molecule has 0 saturated carbocycles. The molecule has 5 nitrogen and oxygen atoms in total. The van der Waals surface area contributed by atoms with E-state index in [-0.39, 0.29) is 17.5 Å². The van der Waals surface area contributed by atoms with Gasteiger partial charge in [-0.1, -0.05) is 0 Å². The van der Waals surface area contributed by atoms with Crippen molar-refractivity contribution in [3.63, 3.8) is 0 Å². The monoisotopic (exact) mass is 254 g/mol. The highest BCUT2D eigenvalue weighted by molar-refractivity contribution is 5.88. The minimum absolute atomic E-state index is 0.115. The highest BCUT2D eigenvalue weighted by atomic mass is 19.1. The van der Waals surface area contributed by atoms with Crippen LogP contribution in [-0.4, -0.2) is 42.4 Å². The number of halogens is 1. The van der Waals surface area contributed by atoms with Gasteiger partial charge in [-0.05, 0) is 18.9 Å². The Morgan fingerprint density at radius 1 is 1.56 bits per heavy atom. The Morgan fingerprint density at radius 2 is 2.22 bits per heavy atom. The lowest BCUT2D eigenvalue weighted by atomic mass is 10.1. The van der Waals surface area contributed by atoms with Crippen LogP contribution in [0.3, 0.4) is 0 Å². The van der Waals surface area contributed by atoms with E-state index in [1.165, 1.54) is 12.3 Å². The molecule has 1 aromatic heterocycles. The van der Waals surface area contributed by atoms with E-state index in [4.69, 9.17) is 9.84 Å². The summed E-state index contributed by atoms with van der Waals surface area (Å²) in [6.45, 7) is 1.23. The van der Waals surface area contributed by atoms with Gasteiger partial charge < -0.3 is 14.7 Å². The second-order valence-corrected chi connectivity index (χ2v) is 4.22. The van der Waals surface area contributed by atoms with Gasteiger partial charge in [-0.25, -0.2) is 14.2 Å². The van der Waals surface area contributed by atoms with Crippen LogP contribution in [0.2, 0.25) is 0 Å². The van der Waals surface area contributed by atoms with Gasteiger partial charge in [0.1, 0.15) is 5.56 Å². The number of rotatable bonds is 3. The molecule has 0 amide bonds. The first-order chi connectivity index (χ1) is 8.63. The molecule has 0 radical (unpaired) electrons. The number of carboxylic acid groups (broad SMARTS) is 1. The molecule has 0 spiro atoms. The Morgan fingerprint density at radius 3 is 2.78 bits per heavy atom. The lowest BCUT2D eigenvalue weighted by Crippen LogP contribution is -2.37. The zero-order valence-corrected chi connectivity index (χ0v) is 10.1. The van der Waals surface area contributed by atoms with Gasteiger partial charge in [0.25, 0.3) is 0 Å². The molecule has 0 aromatic carbocycles. The molecule has 0 atom stereocenters. The predicted molar refractivity (Wildman–Crippen MR) is 63.4 cm³/mol. The summed E-state index contributed by atoms with van der Waals surface area (Å²) in [5.74, 6) is -1.92. The smallest absolute Gasteiger partial charge is 0.338 e. The van der Waals surface area contributed by atoms with Crippen LogP contribution in [0.4, 0.5) is 10.2 Å². The molecule has 1 aliphatic rings. The first-order valence-corrected chi connectivity index (χ1v) is 5.79. The molecule has 6 heteroatoms. The number of ether oxygens (including phenoxy) is 1. The third-order valence-corrected chi connectivity index (χ3v) is 3.18. The van der Waals surface area contributed by atoms with E-state index >= 15 is 0 Å². The van der Waals surface area contributed by atoms with Crippen LogP contribution in [0.25, 0.3) is 0 Å². The SMILES string of the molecule is COC1CCN(c2nccc(C(=O)O)c2F)CC1. The number of nitrogens with zero attached hydrogens (tertiary/aromatic N) is 2. The largest absolute Gasteiger partial charge is 0.478 e. The van der Waals surface area contributed by atoms with E-state index < -0.39 is 11.8 Å². The zero-order valence-electron chi connectivity index (χ0n) is 10.1. The Kier molecular flexibility index (Phi) is 3.76. The molecule has 0 aliphatic carbocycles. The highest BCUT2D eigenvalue weighted by Gasteiger charge is 2.24. The average molecular weight is 254 g/mol. The first kappa shape index (κ1) is 12.8. The van der Waals surface area contributed by atoms with Crippen LogP contribution in [0.5, 0.6) is 0 Å². The second kappa shape index (κ2) is 5.30. The number of hydrogen-bond acceptors (Lipinski definition) is 4. The Balaban J connectivity index is 2.19. The summed E-state index contributed by atoms with van der Waals surface area (Å²) in [5.41, 5.74) is -0.339. The van der Waals surface area contributed by atoms with Gasteiger partial charge >= 0.3 is 5.97 Å². The topological polar surface area (TPSA) is 62.7 Å². The van der Waals surface area contributed by atoms with Crippen molar-refractivity contribution >= 4 is 11.8 Å². The van der Waals surface area contributed by atoms with E-state index in [9.17, 15) is 9.18 Å². The van der Waals surface area contributed by atoms with Crippen molar-refractivity contribution < 1.29 is 19.0 Å². The zero-order chi connectivity index (χ0) is 13.1. The lowest BCUT2D eigenvalue weighted by Gasteiger charge is -2.32. The molecule has 0 unspecified atom stereocenters. The Labute approximate surface area is 104 Å². The fourth-order valence-corrected chi connectivity index (χ4v) is 2.12. The van der Waals surface area contributed by atoms with Crippen LogP contribution in [-0.2, 0) is 4.74 Å². The maximum absolute atomic E-state index is 14.0. The number of hydrogen-bond donors (Lipinski definition) is 1. The van der Waals surface area contributed by atoms with E-state index in [0.717, 1.165) is 12.8 Å². The number of piperidine rings is 1. The standard InChI is InChI=1S/C12H15FN2O3/c1-18-8-3-6-15(7-4-8)11-10(13)9(12(16)17)2-5-14-11/h2,5,8H,3-4,6-7H2,1H3,(H,16,17). The molecule has 1 fully saturated rings. The summed E-state index contributed by atoms with van der Waals surface area (Å²) < 4.78 is 19.2. The molecule has 1 saturated heterocycles. The fraction of sp³-hybridized carbons (Fsp3) is 0.500. The number of aromatic nitrogens is 1. The van der Waals surface area contributed by atoms with Gasteiger partial charge in [0.15, 0.2) is 11.6 Å². The quantitative estimate of drug-likeness (QED) is 0.886. The van der Waals surface area contributed by atoms with Crippen molar-refractivity contribution in [3.05, 3.63) is 23.6 Å². The van der Waals surface area contributed by atoms with Crippen LogP contribution in [0.15, 0.2) is 12.3 Å². The van der Waals surface area contributed by atoms with Gasteiger partial charge in [-0.3, -0.25) is 0 Å². The van der Waals surface area contributed by atoms with Crippen molar-refractivity contribution in [1.82, 2.24) is 4.98 Å². The molecule has 1 aromatic rings. The van der Waals surface area contributed by atoms with E-state index in [0.29, 0.717) is 13.1 Å². The number of carboxylic acids is 1. The van der Waals surface area contributed by atoms with Crippen LogP contribution in [0, 0.1) is 5.82 Å². The maximum atomic E-state index is 14.0. The third-order valence-electron chi connectivity index (χ3n) is 3.18. The van der Waals surface area contributed by atoms with Gasteiger partial charge in [-0.15, -0.1) is 0 Å². The van der Waals surface area contributed by atoms with Gasteiger partial charge in [0.2, 0.25) is 0 Å². The van der Waals surface area contributed by atoms with Crippen molar-refractivity contribution in [2.24, 2.45) is 0 Å². The minimum atomic E-state index is -1.28. The molecule has 1 aliphatic heterocycles. The predicted octanol–water partition coefficient (Wildman–Crippen LogP) is 1.53. The summed E-state index contributed by atoms with van der Waals surface area (Å²) in [6.07, 6.45) is 3.08. The van der Waals surface area contributed by atoms with Crippen molar-refractivity contribution in [1.29, 1.82) is 0 Å². The first-order valence-electron chi connectivity index (χ1n) is 5.79. The fourth-order valence-electron chi connectivity index (χ4n) is 2.12. The second-order valence-electron chi connectivity index (χ2n) is 4.22. The molecule has 1 N–H and O–H groups in total. The summed E-state index contributed by atoms with van der Waals surface area (Å²) in [6, 6.07) is 1.17. The molecule has 2 rings (SSSR count). The Bertz CT molecular complexity index is 445. The van der Waals surface area contributed by atoms with Crippen molar-refractivity contribution in [2.75, 3.05) is 25.1 Å². The number of anilines is 1. The van der Waals surface area contributed by atoms with Crippen LogP contribution >= 0.6 is 0 Å². The Hall–Kier alpha value is -1.69. The average Bonchev–Trinajstić information content (AvgIpc) is 2.39. The highest BCUT2D eigenvalue weighted by Crippen LogP contribution is 2.23. The number of pyridine rings is 1.